The molecule has 0 aromatic carbocycles. The molecular formula is C9H12F3NO4S. The van der Waals surface area contributed by atoms with Gasteiger partial charge in [-0.1, -0.05) is 0 Å². The summed E-state index contributed by atoms with van der Waals surface area (Å²) in [5.74, 6) is 0.312. The molecule has 0 aliphatic rings. The van der Waals surface area contributed by atoms with E-state index in [1.54, 1.807) is 4.72 Å². The second-order valence-electron chi connectivity index (χ2n) is 3.69. The van der Waals surface area contributed by atoms with E-state index >= 15 is 0 Å². The fourth-order valence-electron chi connectivity index (χ4n) is 1.26. The van der Waals surface area contributed by atoms with E-state index in [9.17, 15) is 21.6 Å². The Labute approximate surface area is 102 Å². The van der Waals surface area contributed by atoms with Gasteiger partial charge in [0.05, 0.1) is 19.1 Å². The third-order valence-corrected chi connectivity index (χ3v) is 3.39. The summed E-state index contributed by atoms with van der Waals surface area (Å²) in [6.45, 7) is 0.538. The summed E-state index contributed by atoms with van der Waals surface area (Å²) < 4.78 is 66.1. The third kappa shape index (κ3) is 4.31. The number of alkyl halides is 3. The molecule has 1 unspecified atom stereocenters. The fraction of sp³-hybridized carbons (Fsp3) is 0.556. The van der Waals surface area contributed by atoms with Gasteiger partial charge in [-0.3, -0.25) is 0 Å². The Kier molecular flexibility index (Phi) is 4.41. The Morgan fingerprint density at radius 1 is 1.44 bits per heavy atom. The molecule has 5 nitrogen and oxygen atoms in total. The molecule has 0 bridgehead atoms. The highest BCUT2D eigenvalue weighted by atomic mass is 32.2. The maximum absolute atomic E-state index is 12.1. The summed E-state index contributed by atoms with van der Waals surface area (Å²) in [4.78, 5) is 0. The van der Waals surface area contributed by atoms with Crippen molar-refractivity contribution < 1.29 is 31.1 Å². The maximum atomic E-state index is 12.1. The van der Waals surface area contributed by atoms with Crippen LogP contribution in [0, 0.1) is 6.92 Å². The van der Waals surface area contributed by atoms with Gasteiger partial charge < -0.3 is 9.52 Å². The van der Waals surface area contributed by atoms with E-state index in [0.29, 0.717) is 5.76 Å². The molecule has 18 heavy (non-hydrogen) atoms. The van der Waals surface area contributed by atoms with E-state index in [2.05, 4.69) is 0 Å². The van der Waals surface area contributed by atoms with Crippen molar-refractivity contribution >= 4 is 10.0 Å². The predicted molar refractivity (Wildman–Crippen MR) is 55.3 cm³/mol. The van der Waals surface area contributed by atoms with E-state index in [1.165, 1.54) is 13.0 Å². The minimum atomic E-state index is -4.57. The van der Waals surface area contributed by atoms with Gasteiger partial charge in [0.15, 0.2) is 0 Å². The van der Waals surface area contributed by atoms with Crippen molar-refractivity contribution in [3.63, 3.8) is 0 Å². The summed E-state index contributed by atoms with van der Waals surface area (Å²) in [6.07, 6.45) is -6.03. The summed E-state index contributed by atoms with van der Waals surface area (Å²) in [5.41, 5.74) is 0. The smallest absolute Gasteiger partial charge is 0.390 e. The topological polar surface area (TPSA) is 79.5 Å². The lowest BCUT2D eigenvalue weighted by atomic mass is 10.2. The van der Waals surface area contributed by atoms with Gasteiger partial charge >= 0.3 is 6.18 Å². The van der Waals surface area contributed by atoms with Crippen LogP contribution in [0.1, 0.15) is 12.2 Å². The number of nitrogens with one attached hydrogen (secondary N) is 1. The van der Waals surface area contributed by atoms with E-state index in [4.69, 9.17) is 9.52 Å². The molecule has 2 N–H and O–H groups in total. The standard InChI is InChI=1S/C9H12F3NO4S/c1-6-2-3-8(17-6)18(15,16)13-7(5-14)4-9(10,11)12/h2-3,7,13-14H,4-5H2,1H3. The second kappa shape index (κ2) is 5.29. The molecule has 0 saturated carbocycles. The van der Waals surface area contributed by atoms with Gasteiger partial charge in [0.1, 0.15) is 5.76 Å². The van der Waals surface area contributed by atoms with Crippen LogP contribution in [-0.4, -0.2) is 32.3 Å². The zero-order valence-electron chi connectivity index (χ0n) is 9.36. The number of aliphatic hydroxyl groups excluding tert-OH is 1. The van der Waals surface area contributed by atoms with Crippen LogP contribution in [0.25, 0.3) is 0 Å². The summed E-state index contributed by atoms with van der Waals surface area (Å²) in [6, 6.07) is 0.854. The van der Waals surface area contributed by atoms with Gasteiger partial charge in [-0.05, 0) is 19.1 Å². The van der Waals surface area contributed by atoms with Crippen LogP contribution in [0.15, 0.2) is 21.6 Å². The van der Waals surface area contributed by atoms with Crippen LogP contribution in [0.3, 0.4) is 0 Å². The van der Waals surface area contributed by atoms with Gasteiger partial charge in [-0.25, -0.2) is 13.1 Å². The van der Waals surface area contributed by atoms with Crippen molar-refractivity contribution in [2.24, 2.45) is 0 Å². The number of aliphatic hydroxyl groups is 1. The maximum Gasteiger partial charge on any atom is 0.390 e. The molecule has 1 rings (SSSR count). The minimum Gasteiger partial charge on any atom is -0.449 e. The van der Waals surface area contributed by atoms with Crippen molar-refractivity contribution in [2.75, 3.05) is 6.61 Å². The first-order chi connectivity index (χ1) is 8.14. The van der Waals surface area contributed by atoms with Crippen LogP contribution in [0.4, 0.5) is 13.2 Å². The second-order valence-corrected chi connectivity index (χ2v) is 5.33. The van der Waals surface area contributed by atoms with Gasteiger partial charge in [-0.15, -0.1) is 0 Å². The van der Waals surface area contributed by atoms with E-state index in [-0.39, 0.29) is 0 Å². The number of sulfonamides is 1. The number of halogens is 3. The predicted octanol–water partition coefficient (Wildman–Crippen LogP) is 1.18. The molecule has 1 aromatic heterocycles. The number of aryl methyl sites for hydroxylation is 1. The molecule has 9 heteroatoms. The van der Waals surface area contributed by atoms with Crippen LogP contribution >= 0.6 is 0 Å². The first-order valence-electron chi connectivity index (χ1n) is 4.90. The molecule has 0 amide bonds. The first-order valence-corrected chi connectivity index (χ1v) is 6.39. The lowest BCUT2D eigenvalue weighted by molar-refractivity contribution is -0.140. The Bertz CT molecular complexity index is 494. The van der Waals surface area contributed by atoms with Gasteiger partial charge in [0.2, 0.25) is 5.09 Å². The van der Waals surface area contributed by atoms with Crippen molar-refractivity contribution in [1.29, 1.82) is 0 Å². The van der Waals surface area contributed by atoms with E-state index in [0.717, 1.165) is 6.07 Å². The Balaban J connectivity index is 2.81. The van der Waals surface area contributed by atoms with Crippen molar-refractivity contribution in [3.05, 3.63) is 17.9 Å². The summed E-state index contributed by atoms with van der Waals surface area (Å²) in [5, 5.41) is 8.26. The molecule has 0 saturated heterocycles. The van der Waals surface area contributed by atoms with Crippen molar-refractivity contribution in [1.82, 2.24) is 4.72 Å². The number of rotatable bonds is 5. The number of furan rings is 1. The van der Waals surface area contributed by atoms with E-state index in [1.807, 2.05) is 0 Å². The Morgan fingerprint density at radius 3 is 2.44 bits per heavy atom. The SMILES string of the molecule is Cc1ccc(S(=O)(=O)NC(CO)CC(F)(F)F)o1. The highest BCUT2D eigenvalue weighted by molar-refractivity contribution is 7.89. The van der Waals surface area contributed by atoms with Crippen LogP contribution in [0.2, 0.25) is 0 Å². The quantitative estimate of drug-likeness (QED) is 0.852. The molecule has 1 heterocycles. The Morgan fingerprint density at radius 2 is 2.06 bits per heavy atom. The normalized spacial score (nSPS) is 14.7. The fourth-order valence-corrected chi connectivity index (χ4v) is 2.46. The first kappa shape index (κ1) is 15.0. The largest absolute Gasteiger partial charge is 0.449 e. The average molecular weight is 287 g/mol. The van der Waals surface area contributed by atoms with Crippen LogP contribution < -0.4 is 4.72 Å². The molecule has 0 fully saturated rings. The molecule has 0 spiro atoms. The lowest BCUT2D eigenvalue weighted by Crippen LogP contribution is -2.40. The number of hydrogen-bond acceptors (Lipinski definition) is 4. The van der Waals surface area contributed by atoms with Crippen LogP contribution in [0.5, 0.6) is 0 Å². The van der Waals surface area contributed by atoms with Crippen LogP contribution in [-0.2, 0) is 10.0 Å². The zero-order chi connectivity index (χ0) is 14.0. The molecule has 0 aliphatic heterocycles. The highest BCUT2D eigenvalue weighted by Crippen LogP contribution is 2.22. The highest BCUT2D eigenvalue weighted by Gasteiger charge is 2.34. The Hall–Kier alpha value is -1.06. The minimum absolute atomic E-state index is 0.312. The molecule has 1 aromatic rings. The van der Waals surface area contributed by atoms with Gasteiger partial charge in [0, 0.05) is 0 Å². The molecule has 0 aliphatic carbocycles. The zero-order valence-corrected chi connectivity index (χ0v) is 10.2. The van der Waals surface area contributed by atoms with Crippen molar-refractivity contribution in [2.45, 2.75) is 30.7 Å². The molecule has 104 valence electrons. The molecule has 1 atom stereocenters. The van der Waals surface area contributed by atoms with Crippen molar-refractivity contribution in [3.8, 4) is 0 Å². The lowest BCUT2D eigenvalue weighted by Gasteiger charge is -2.16. The number of hydrogen-bond donors (Lipinski definition) is 2. The molecular weight excluding hydrogens is 275 g/mol. The third-order valence-electron chi connectivity index (χ3n) is 2.00. The monoisotopic (exact) mass is 287 g/mol. The van der Waals surface area contributed by atoms with Gasteiger partial charge in [-0.2, -0.15) is 13.2 Å². The van der Waals surface area contributed by atoms with Gasteiger partial charge in [0.25, 0.3) is 10.0 Å². The van der Waals surface area contributed by atoms with E-state index < -0.39 is 40.4 Å². The molecule has 0 radical (unpaired) electrons. The summed E-state index contributed by atoms with van der Waals surface area (Å²) >= 11 is 0. The summed E-state index contributed by atoms with van der Waals surface area (Å²) in [7, 11) is -4.20. The average Bonchev–Trinajstić information content (AvgIpc) is 2.62.